The van der Waals surface area contributed by atoms with E-state index in [9.17, 15) is 14.7 Å². The van der Waals surface area contributed by atoms with Crippen LogP contribution in [0.3, 0.4) is 0 Å². The number of thiophene rings is 1. The van der Waals surface area contributed by atoms with Crippen molar-refractivity contribution in [2.75, 3.05) is 6.61 Å². The maximum atomic E-state index is 14.1. The maximum absolute atomic E-state index is 14.1. The highest BCUT2D eigenvalue weighted by Crippen LogP contribution is 2.41. The zero-order chi connectivity index (χ0) is 40.2. The molecule has 1 amide bonds. The number of halogens is 2. The van der Waals surface area contributed by atoms with Gasteiger partial charge in [-0.15, -0.1) is 11.3 Å². The first-order chi connectivity index (χ1) is 28.2. The number of nitriles is 1. The lowest BCUT2D eigenvalue weighted by Crippen LogP contribution is -2.54. The van der Waals surface area contributed by atoms with Crippen molar-refractivity contribution in [2.24, 2.45) is 0 Å². The van der Waals surface area contributed by atoms with Crippen LogP contribution in [0.1, 0.15) is 44.4 Å². The van der Waals surface area contributed by atoms with Gasteiger partial charge in [-0.1, -0.05) is 83.9 Å². The number of ether oxygens (including phenoxy) is 3. The molecule has 0 saturated carbocycles. The summed E-state index contributed by atoms with van der Waals surface area (Å²) in [5.41, 5.74) is 7.08. The van der Waals surface area contributed by atoms with Gasteiger partial charge in [-0.25, -0.2) is 4.79 Å². The number of fused-ring (bicyclic) bond motifs is 2. The largest absolute Gasteiger partial charge is 0.489 e. The Balaban J connectivity index is 0.945. The molecule has 1 unspecified atom stereocenters. The molecule has 2 N–H and O–H groups in total. The second kappa shape index (κ2) is 17.3. The smallest absolute Gasteiger partial charge is 0.326 e. The summed E-state index contributed by atoms with van der Waals surface area (Å²) in [6, 6.07) is 36.4. The molecule has 0 fully saturated rings. The van der Waals surface area contributed by atoms with Crippen LogP contribution in [-0.2, 0) is 42.1 Å². The van der Waals surface area contributed by atoms with Crippen molar-refractivity contribution in [3.8, 4) is 34.4 Å². The number of aliphatic carboxylic acids is 1. The molecule has 58 heavy (non-hydrogen) atoms. The van der Waals surface area contributed by atoms with Gasteiger partial charge in [0.25, 0.3) is 0 Å². The van der Waals surface area contributed by atoms with Gasteiger partial charge in [-0.3, -0.25) is 9.69 Å². The Bertz CT molecular complexity index is 2470. The highest BCUT2D eigenvalue weighted by Gasteiger charge is 2.36. The molecule has 9 nitrogen and oxygen atoms in total. The fourth-order valence-electron chi connectivity index (χ4n) is 7.25. The van der Waals surface area contributed by atoms with Crippen molar-refractivity contribution in [1.82, 2.24) is 10.2 Å². The molecule has 1 aromatic heterocycles. The molecule has 292 valence electrons. The first-order valence-corrected chi connectivity index (χ1v) is 20.3. The van der Waals surface area contributed by atoms with Crippen molar-refractivity contribution in [3.05, 3.63) is 169 Å². The molecule has 6 aromatic rings. The number of hydrogen-bond acceptors (Lipinski definition) is 8. The first kappa shape index (κ1) is 39.0. The molecule has 2 aliphatic heterocycles. The average molecular weight is 831 g/mol. The van der Waals surface area contributed by atoms with Gasteiger partial charge < -0.3 is 24.6 Å². The Morgan fingerprint density at radius 3 is 2.31 bits per heavy atom. The van der Waals surface area contributed by atoms with Gasteiger partial charge in [0.05, 0.1) is 27.7 Å². The van der Waals surface area contributed by atoms with Gasteiger partial charge in [-0.05, 0) is 105 Å². The van der Waals surface area contributed by atoms with Crippen molar-refractivity contribution in [3.63, 3.8) is 0 Å². The SMILES string of the molecule is N#Cc1ccc(-c2ccc(C[C@H](NC(=O)C3Cc4cc5c(cc4CN3Cc3cccs3)O[C@@H](c3ccc(OCc4ccc(Cl)c(Cl)c4)cc3)CO5)C(=O)O)cc2)cc1. The fourth-order valence-corrected chi connectivity index (χ4v) is 8.30. The number of hydrogen-bond donors (Lipinski definition) is 2. The molecule has 2 aliphatic rings. The van der Waals surface area contributed by atoms with Gasteiger partial charge in [0.15, 0.2) is 17.6 Å². The van der Waals surface area contributed by atoms with E-state index in [0.29, 0.717) is 65.6 Å². The Hall–Kier alpha value is -5.83. The molecule has 0 spiro atoms. The van der Waals surface area contributed by atoms with Crippen molar-refractivity contribution in [1.29, 1.82) is 5.26 Å². The summed E-state index contributed by atoms with van der Waals surface area (Å²) in [5.74, 6) is 0.489. The van der Waals surface area contributed by atoms with E-state index in [1.165, 1.54) is 0 Å². The number of amides is 1. The van der Waals surface area contributed by atoms with Crippen LogP contribution in [0.5, 0.6) is 17.2 Å². The number of rotatable bonds is 12. The Morgan fingerprint density at radius 1 is 0.897 bits per heavy atom. The van der Waals surface area contributed by atoms with Crippen LogP contribution < -0.4 is 19.5 Å². The summed E-state index contributed by atoms with van der Waals surface area (Å²) in [4.78, 5) is 29.8. The highest BCUT2D eigenvalue weighted by atomic mass is 35.5. The maximum Gasteiger partial charge on any atom is 0.326 e. The molecule has 0 aliphatic carbocycles. The predicted molar refractivity (Wildman–Crippen MR) is 223 cm³/mol. The van der Waals surface area contributed by atoms with Crippen LogP contribution in [0.2, 0.25) is 10.0 Å². The number of nitrogens with one attached hydrogen (secondary N) is 1. The van der Waals surface area contributed by atoms with Crippen molar-refractivity contribution < 1.29 is 28.9 Å². The number of carbonyl (C=O) groups is 2. The van der Waals surface area contributed by atoms with E-state index in [2.05, 4.69) is 16.3 Å². The van der Waals surface area contributed by atoms with E-state index < -0.39 is 18.1 Å². The van der Waals surface area contributed by atoms with Crippen LogP contribution in [0.4, 0.5) is 0 Å². The van der Waals surface area contributed by atoms with E-state index in [0.717, 1.165) is 43.8 Å². The summed E-state index contributed by atoms with van der Waals surface area (Å²) in [6.07, 6.45) is 0.165. The van der Waals surface area contributed by atoms with Crippen LogP contribution in [0.25, 0.3) is 11.1 Å². The fraction of sp³-hybridized carbons (Fsp3) is 0.196. The third-order valence-electron chi connectivity index (χ3n) is 10.4. The summed E-state index contributed by atoms with van der Waals surface area (Å²) >= 11 is 13.8. The summed E-state index contributed by atoms with van der Waals surface area (Å²) in [6.45, 7) is 1.64. The molecular formula is C46H37Cl2N3O6S. The van der Waals surface area contributed by atoms with Crippen molar-refractivity contribution in [2.45, 2.75) is 50.7 Å². The third kappa shape index (κ3) is 8.99. The molecule has 3 atom stereocenters. The molecule has 8 rings (SSSR count). The number of carboxylic acids is 1. The third-order valence-corrected chi connectivity index (χ3v) is 12.0. The Labute approximate surface area is 349 Å². The molecular weight excluding hydrogens is 793 g/mol. The van der Waals surface area contributed by atoms with Crippen LogP contribution in [0.15, 0.2) is 121 Å². The molecule has 5 aromatic carbocycles. The van der Waals surface area contributed by atoms with E-state index >= 15 is 0 Å². The number of carbonyl (C=O) groups excluding carboxylic acids is 1. The van der Waals surface area contributed by atoms with Crippen LogP contribution in [0, 0.1) is 11.3 Å². The Morgan fingerprint density at radius 2 is 1.62 bits per heavy atom. The monoisotopic (exact) mass is 829 g/mol. The molecule has 0 radical (unpaired) electrons. The second-order valence-corrected chi connectivity index (χ2v) is 16.1. The van der Waals surface area contributed by atoms with E-state index in [1.807, 2.05) is 96.4 Å². The van der Waals surface area contributed by atoms with Crippen LogP contribution in [-0.4, -0.2) is 40.6 Å². The number of benzene rings is 5. The summed E-state index contributed by atoms with van der Waals surface area (Å²) in [5, 5.41) is 25.2. The average Bonchev–Trinajstić information content (AvgIpc) is 3.76. The van der Waals surface area contributed by atoms with Gasteiger partial charge in [0.1, 0.15) is 25.0 Å². The molecule has 3 heterocycles. The van der Waals surface area contributed by atoms with Gasteiger partial charge in [0, 0.05) is 24.4 Å². The minimum Gasteiger partial charge on any atom is -0.489 e. The lowest BCUT2D eigenvalue weighted by atomic mass is 9.92. The minimum absolute atomic E-state index is 0.122. The molecule has 0 bridgehead atoms. The zero-order valence-electron chi connectivity index (χ0n) is 31.1. The van der Waals surface area contributed by atoms with E-state index in [4.69, 9.17) is 42.7 Å². The van der Waals surface area contributed by atoms with E-state index in [-0.39, 0.29) is 18.4 Å². The van der Waals surface area contributed by atoms with Crippen molar-refractivity contribution >= 4 is 46.4 Å². The normalized spacial score (nSPS) is 16.4. The van der Waals surface area contributed by atoms with Gasteiger partial charge in [0.2, 0.25) is 5.91 Å². The second-order valence-electron chi connectivity index (χ2n) is 14.3. The summed E-state index contributed by atoms with van der Waals surface area (Å²) < 4.78 is 18.7. The lowest BCUT2D eigenvalue weighted by molar-refractivity contribution is -0.142. The first-order valence-electron chi connectivity index (χ1n) is 18.7. The Kier molecular flexibility index (Phi) is 11.7. The highest BCUT2D eigenvalue weighted by molar-refractivity contribution is 7.09. The summed E-state index contributed by atoms with van der Waals surface area (Å²) in [7, 11) is 0. The van der Waals surface area contributed by atoms with Gasteiger partial charge in [-0.2, -0.15) is 5.26 Å². The van der Waals surface area contributed by atoms with Crippen LogP contribution >= 0.6 is 34.5 Å². The number of nitrogens with zero attached hydrogens (tertiary/aromatic N) is 2. The standard InChI is InChI=1S/C46H37Cl2N3O6S/c47-38-16-7-30(18-39(38)48)26-55-36-14-12-33(13-15-36)44-27-56-42-21-34-20-41(51(25-37-2-1-17-58-37)24-35(34)22-43(42)57-44)45(52)50-40(46(53)54)19-28-3-8-31(9-4-28)32-10-5-29(23-49)6-11-32/h1-18,21-22,40-41,44H,19-20,24-27H2,(H,50,52)(H,53,54)/t40-,41?,44+/m0/s1. The minimum atomic E-state index is -1.13. The molecule has 12 heteroatoms. The number of carboxylic acid groups (broad SMARTS) is 1. The van der Waals surface area contributed by atoms with Gasteiger partial charge >= 0.3 is 5.97 Å². The zero-order valence-corrected chi connectivity index (χ0v) is 33.4. The van der Waals surface area contributed by atoms with E-state index in [1.54, 1.807) is 35.6 Å². The molecule has 0 saturated heterocycles. The predicted octanol–water partition coefficient (Wildman–Crippen LogP) is 9.42. The lowest BCUT2D eigenvalue weighted by Gasteiger charge is -2.37. The topological polar surface area (TPSA) is 121 Å². The quantitative estimate of drug-likeness (QED) is 0.125.